The van der Waals surface area contributed by atoms with Gasteiger partial charge in [-0.3, -0.25) is 4.79 Å². The van der Waals surface area contributed by atoms with Gasteiger partial charge in [-0.25, -0.2) is 4.98 Å². The zero-order chi connectivity index (χ0) is 24.9. The van der Waals surface area contributed by atoms with E-state index in [1.807, 2.05) is 77.7 Å². The van der Waals surface area contributed by atoms with Crippen molar-refractivity contribution in [2.24, 2.45) is 0 Å². The summed E-state index contributed by atoms with van der Waals surface area (Å²) in [6.07, 6.45) is 3.93. The summed E-state index contributed by atoms with van der Waals surface area (Å²) in [5.74, 6) is 2.62. The predicted octanol–water partition coefficient (Wildman–Crippen LogP) is 5.76. The van der Waals surface area contributed by atoms with Crippen molar-refractivity contribution in [3.05, 3.63) is 96.8 Å². The molecule has 4 aromatic rings. The van der Waals surface area contributed by atoms with Crippen LogP contribution in [0.4, 0.5) is 5.69 Å². The lowest BCUT2D eigenvalue weighted by Gasteiger charge is -2.17. The maximum atomic E-state index is 12.9. The van der Waals surface area contributed by atoms with Gasteiger partial charge >= 0.3 is 0 Å². The number of carbonyl (C=O) groups excluding carboxylic acids is 1. The molecule has 1 fully saturated rings. The normalized spacial score (nSPS) is 15.4. The number of hydrogen-bond donors (Lipinski definition) is 0. The predicted molar refractivity (Wildman–Crippen MR) is 143 cm³/mol. The first-order valence-corrected chi connectivity index (χ1v) is 12.4. The minimum atomic E-state index is 0.0449. The van der Waals surface area contributed by atoms with Crippen LogP contribution < -0.4 is 14.4 Å². The molecule has 1 amide bonds. The van der Waals surface area contributed by atoms with Crippen molar-refractivity contribution in [3.63, 3.8) is 0 Å². The molecule has 6 nitrogen and oxygen atoms in total. The Bertz CT molecular complexity index is 1360. The minimum absolute atomic E-state index is 0.0449. The molecule has 184 valence electrons. The number of rotatable bonds is 10. The molecule has 2 heterocycles. The zero-order valence-corrected chi connectivity index (χ0v) is 20.6. The number of ether oxygens (including phenoxy) is 2. The van der Waals surface area contributed by atoms with Crippen molar-refractivity contribution in [3.8, 4) is 11.5 Å². The number of amides is 1. The first kappa shape index (κ1) is 23.7. The fraction of sp³-hybridized carbons (Fsp3) is 0.267. The average molecular weight is 482 g/mol. The number of aryl methyl sites for hydroxylation is 1. The Morgan fingerprint density at radius 3 is 2.67 bits per heavy atom. The Labute approximate surface area is 211 Å². The molecule has 1 aliphatic rings. The SMILES string of the molecule is C=CCc1ccc(OCCCn2c(C3CC(=O)N(c4ccccc4)C3)nc3ccccc32)c(OC)c1. The average Bonchev–Trinajstić information content (AvgIpc) is 3.48. The summed E-state index contributed by atoms with van der Waals surface area (Å²) < 4.78 is 13.9. The fourth-order valence-corrected chi connectivity index (χ4v) is 4.91. The van der Waals surface area contributed by atoms with E-state index in [4.69, 9.17) is 14.5 Å². The van der Waals surface area contributed by atoms with E-state index < -0.39 is 0 Å². The van der Waals surface area contributed by atoms with Crippen LogP contribution in [0.2, 0.25) is 0 Å². The van der Waals surface area contributed by atoms with Gasteiger partial charge in [-0.15, -0.1) is 6.58 Å². The van der Waals surface area contributed by atoms with Crippen molar-refractivity contribution < 1.29 is 14.3 Å². The maximum absolute atomic E-state index is 12.9. The van der Waals surface area contributed by atoms with Gasteiger partial charge in [-0.1, -0.05) is 42.5 Å². The van der Waals surface area contributed by atoms with Crippen LogP contribution in [0.15, 0.2) is 85.5 Å². The van der Waals surface area contributed by atoms with E-state index >= 15 is 0 Å². The van der Waals surface area contributed by atoms with Crippen LogP contribution in [-0.4, -0.2) is 35.7 Å². The van der Waals surface area contributed by atoms with E-state index in [9.17, 15) is 4.79 Å². The molecule has 1 saturated heterocycles. The second-order valence-electron chi connectivity index (χ2n) is 9.03. The number of fused-ring (bicyclic) bond motifs is 1. The number of para-hydroxylation sites is 3. The van der Waals surface area contributed by atoms with Crippen LogP contribution in [0, 0.1) is 0 Å². The second kappa shape index (κ2) is 10.7. The van der Waals surface area contributed by atoms with E-state index in [0.717, 1.165) is 59.0 Å². The lowest BCUT2D eigenvalue weighted by Crippen LogP contribution is -2.24. The maximum Gasteiger partial charge on any atom is 0.227 e. The highest BCUT2D eigenvalue weighted by Gasteiger charge is 2.34. The van der Waals surface area contributed by atoms with Gasteiger partial charge in [0.2, 0.25) is 5.91 Å². The summed E-state index contributed by atoms with van der Waals surface area (Å²) >= 11 is 0. The Morgan fingerprint density at radius 2 is 1.86 bits per heavy atom. The first-order chi connectivity index (χ1) is 17.7. The van der Waals surface area contributed by atoms with E-state index in [1.54, 1.807) is 7.11 Å². The zero-order valence-electron chi connectivity index (χ0n) is 20.6. The standard InChI is InChI=1S/C30H31N3O3/c1-3-10-22-15-16-27(28(19-22)35-2)36-18-9-17-32-26-14-8-7-13-25(26)31-30(32)23-20-29(34)33(21-23)24-11-5-4-6-12-24/h3-8,11-16,19,23H,1,9-10,17-18,20-21H2,2H3. The van der Waals surface area contributed by atoms with Gasteiger partial charge in [0.25, 0.3) is 0 Å². The van der Waals surface area contributed by atoms with Gasteiger partial charge in [0, 0.05) is 31.1 Å². The van der Waals surface area contributed by atoms with E-state index in [-0.39, 0.29) is 11.8 Å². The third kappa shape index (κ3) is 4.85. The van der Waals surface area contributed by atoms with Crippen molar-refractivity contribution in [2.75, 3.05) is 25.2 Å². The molecule has 0 spiro atoms. The second-order valence-corrected chi connectivity index (χ2v) is 9.03. The summed E-state index contributed by atoms with van der Waals surface area (Å²) in [6, 6.07) is 24.0. The first-order valence-electron chi connectivity index (χ1n) is 12.4. The third-order valence-corrected chi connectivity index (χ3v) is 6.63. The highest BCUT2D eigenvalue weighted by atomic mass is 16.5. The number of allylic oxidation sites excluding steroid dienone is 1. The molecular formula is C30H31N3O3. The molecule has 5 rings (SSSR count). The van der Waals surface area contributed by atoms with Crippen LogP contribution in [0.25, 0.3) is 11.0 Å². The molecule has 1 aliphatic heterocycles. The molecule has 0 saturated carbocycles. The number of nitrogens with zero attached hydrogens (tertiary/aromatic N) is 3. The summed E-state index contributed by atoms with van der Waals surface area (Å²) in [4.78, 5) is 19.7. The van der Waals surface area contributed by atoms with Gasteiger partial charge in [-0.2, -0.15) is 0 Å². The number of hydrogen-bond acceptors (Lipinski definition) is 4. The molecule has 1 atom stereocenters. The Balaban J connectivity index is 1.31. The van der Waals surface area contributed by atoms with Gasteiger partial charge < -0.3 is 18.9 Å². The topological polar surface area (TPSA) is 56.6 Å². The van der Waals surface area contributed by atoms with Crippen LogP contribution >= 0.6 is 0 Å². The Kier molecular flexibility index (Phi) is 7.03. The molecule has 6 heteroatoms. The van der Waals surface area contributed by atoms with Gasteiger partial charge in [0.05, 0.1) is 24.8 Å². The molecule has 36 heavy (non-hydrogen) atoms. The summed E-state index contributed by atoms with van der Waals surface area (Å²) in [7, 11) is 1.66. The quantitative estimate of drug-likeness (QED) is 0.213. The van der Waals surface area contributed by atoms with Crippen LogP contribution in [0.1, 0.15) is 30.1 Å². The Morgan fingerprint density at radius 1 is 1.06 bits per heavy atom. The molecule has 1 unspecified atom stereocenters. The number of methoxy groups -OCH3 is 1. The van der Waals surface area contributed by atoms with Crippen molar-refractivity contribution in [2.45, 2.75) is 31.7 Å². The largest absolute Gasteiger partial charge is 0.493 e. The third-order valence-electron chi connectivity index (χ3n) is 6.63. The molecule has 0 bridgehead atoms. The van der Waals surface area contributed by atoms with Crippen molar-refractivity contribution >= 4 is 22.6 Å². The van der Waals surface area contributed by atoms with Gasteiger partial charge in [0.1, 0.15) is 5.82 Å². The highest BCUT2D eigenvalue weighted by Crippen LogP contribution is 2.33. The molecule has 1 aromatic heterocycles. The number of anilines is 1. The van der Waals surface area contributed by atoms with Crippen molar-refractivity contribution in [1.82, 2.24) is 9.55 Å². The van der Waals surface area contributed by atoms with Gasteiger partial charge in [0.15, 0.2) is 11.5 Å². The van der Waals surface area contributed by atoms with E-state index in [1.165, 1.54) is 0 Å². The fourth-order valence-electron chi connectivity index (χ4n) is 4.91. The highest BCUT2D eigenvalue weighted by molar-refractivity contribution is 5.96. The molecular weight excluding hydrogens is 450 g/mol. The van der Waals surface area contributed by atoms with Gasteiger partial charge in [-0.05, 0) is 54.8 Å². The summed E-state index contributed by atoms with van der Waals surface area (Å²) in [5, 5.41) is 0. The number of imidazole rings is 1. The van der Waals surface area contributed by atoms with E-state index in [0.29, 0.717) is 19.6 Å². The van der Waals surface area contributed by atoms with Crippen molar-refractivity contribution in [1.29, 1.82) is 0 Å². The molecule has 3 aromatic carbocycles. The summed E-state index contributed by atoms with van der Waals surface area (Å²) in [6.45, 7) is 5.73. The lowest BCUT2D eigenvalue weighted by atomic mass is 10.1. The summed E-state index contributed by atoms with van der Waals surface area (Å²) in [5.41, 5.74) is 4.12. The van der Waals surface area contributed by atoms with E-state index in [2.05, 4.69) is 17.2 Å². The number of carbonyl (C=O) groups is 1. The minimum Gasteiger partial charge on any atom is -0.493 e. The number of aromatic nitrogens is 2. The Hall–Kier alpha value is -4.06. The molecule has 0 N–H and O–H groups in total. The number of benzene rings is 3. The molecule has 0 aliphatic carbocycles. The van der Waals surface area contributed by atoms with Crippen LogP contribution in [-0.2, 0) is 17.8 Å². The van der Waals surface area contributed by atoms with Crippen LogP contribution in [0.3, 0.4) is 0 Å². The lowest BCUT2D eigenvalue weighted by molar-refractivity contribution is -0.117. The smallest absolute Gasteiger partial charge is 0.227 e. The monoisotopic (exact) mass is 481 g/mol. The molecule has 0 radical (unpaired) electrons. The van der Waals surface area contributed by atoms with Crippen LogP contribution in [0.5, 0.6) is 11.5 Å².